The second kappa shape index (κ2) is 8.40. The Bertz CT molecular complexity index is 855. The molecule has 0 fully saturated rings. The van der Waals surface area contributed by atoms with Crippen molar-refractivity contribution < 1.29 is 9.21 Å². The number of nitrogens with one attached hydrogen (secondary N) is 1. The predicted molar refractivity (Wildman–Crippen MR) is 104 cm³/mol. The molecule has 0 aliphatic carbocycles. The van der Waals surface area contributed by atoms with E-state index < -0.39 is 0 Å². The SMILES string of the molecule is CCSc1ccccc1NC(=O)/C(=C/c1ccco1)c1ccccc1. The van der Waals surface area contributed by atoms with E-state index in [0.717, 1.165) is 21.9 Å². The van der Waals surface area contributed by atoms with Crippen molar-refractivity contribution in [2.24, 2.45) is 0 Å². The van der Waals surface area contributed by atoms with Gasteiger partial charge in [-0.1, -0.05) is 49.4 Å². The minimum atomic E-state index is -0.160. The summed E-state index contributed by atoms with van der Waals surface area (Å²) in [6.07, 6.45) is 3.36. The van der Waals surface area contributed by atoms with Crippen LogP contribution in [-0.2, 0) is 4.79 Å². The van der Waals surface area contributed by atoms with Crippen molar-refractivity contribution >= 4 is 35.0 Å². The van der Waals surface area contributed by atoms with Gasteiger partial charge in [-0.15, -0.1) is 11.8 Å². The molecule has 25 heavy (non-hydrogen) atoms. The average molecular weight is 349 g/mol. The summed E-state index contributed by atoms with van der Waals surface area (Å²) in [6, 6.07) is 21.1. The summed E-state index contributed by atoms with van der Waals surface area (Å²) < 4.78 is 5.39. The van der Waals surface area contributed by atoms with Gasteiger partial charge >= 0.3 is 0 Å². The molecule has 126 valence electrons. The van der Waals surface area contributed by atoms with Gasteiger partial charge in [-0.3, -0.25) is 4.79 Å². The summed E-state index contributed by atoms with van der Waals surface area (Å²) in [5.74, 6) is 1.43. The van der Waals surface area contributed by atoms with Crippen molar-refractivity contribution in [2.75, 3.05) is 11.1 Å². The van der Waals surface area contributed by atoms with Gasteiger partial charge in [0.05, 0.1) is 17.5 Å². The van der Waals surface area contributed by atoms with Crippen LogP contribution in [0.1, 0.15) is 18.2 Å². The van der Waals surface area contributed by atoms with E-state index in [2.05, 4.69) is 12.2 Å². The normalized spacial score (nSPS) is 11.3. The smallest absolute Gasteiger partial charge is 0.256 e. The lowest BCUT2D eigenvalue weighted by Gasteiger charge is -2.12. The largest absolute Gasteiger partial charge is 0.465 e. The lowest BCUT2D eigenvalue weighted by Crippen LogP contribution is -2.14. The standard InChI is InChI=1S/C21H19NO2S/c1-2-25-20-13-7-6-12-19(20)22-21(23)18(15-17-11-8-14-24-17)16-9-4-3-5-10-16/h3-15H,2H2,1H3,(H,22,23)/b18-15+. The average Bonchev–Trinajstić information content (AvgIpc) is 3.15. The molecule has 3 aromatic rings. The van der Waals surface area contributed by atoms with E-state index in [1.165, 1.54) is 0 Å². The van der Waals surface area contributed by atoms with Crippen LogP contribution in [0, 0.1) is 0 Å². The second-order valence-electron chi connectivity index (χ2n) is 5.32. The Hall–Kier alpha value is -2.72. The van der Waals surface area contributed by atoms with E-state index >= 15 is 0 Å². The van der Waals surface area contributed by atoms with Crippen molar-refractivity contribution in [3.8, 4) is 0 Å². The molecule has 0 radical (unpaired) electrons. The van der Waals surface area contributed by atoms with Crippen LogP contribution in [0.2, 0.25) is 0 Å². The number of amides is 1. The molecule has 0 unspecified atom stereocenters. The van der Waals surface area contributed by atoms with Crippen LogP contribution in [0.5, 0.6) is 0 Å². The first kappa shape index (κ1) is 17.1. The third-order valence-electron chi connectivity index (χ3n) is 3.59. The van der Waals surface area contributed by atoms with Gasteiger partial charge in [0.2, 0.25) is 0 Å². The molecule has 3 rings (SSSR count). The molecular formula is C21H19NO2S. The van der Waals surface area contributed by atoms with Gasteiger partial charge in [0.1, 0.15) is 5.76 Å². The Morgan fingerprint density at radius 2 is 1.80 bits per heavy atom. The number of carbonyl (C=O) groups excluding carboxylic acids is 1. The first-order valence-corrected chi connectivity index (χ1v) is 9.10. The van der Waals surface area contributed by atoms with Crippen LogP contribution in [0.25, 0.3) is 11.6 Å². The number of rotatable bonds is 6. The lowest BCUT2D eigenvalue weighted by atomic mass is 10.0. The number of benzene rings is 2. The number of para-hydroxylation sites is 1. The van der Waals surface area contributed by atoms with Gasteiger partial charge in [-0.2, -0.15) is 0 Å². The van der Waals surface area contributed by atoms with Crippen molar-refractivity contribution in [1.82, 2.24) is 0 Å². The van der Waals surface area contributed by atoms with Gasteiger partial charge in [-0.05, 0) is 41.7 Å². The maximum atomic E-state index is 13.0. The van der Waals surface area contributed by atoms with Crippen molar-refractivity contribution in [3.63, 3.8) is 0 Å². The fourth-order valence-corrected chi connectivity index (χ4v) is 3.21. The number of carbonyl (C=O) groups is 1. The fraction of sp³-hybridized carbons (Fsp3) is 0.0952. The second-order valence-corrected chi connectivity index (χ2v) is 6.63. The van der Waals surface area contributed by atoms with E-state index in [1.807, 2.05) is 60.7 Å². The summed E-state index contributed by atoms with van der Waals surface area (Å²) in [6.45, 7) is 2.09. The van der Waals surface area contributed by atoms with E-state index in [0.29, 0.717) is 11.3 Å². The van der Waals surface area contributed by atoms with Gasteiger partial charge in [0.15, 0.2) is 0 Å². The van der Waals surface area contributed by atoms with Crippen molar-refractivity contribution in [1.29, 1.82) is 0 Å². The maximum absolute atomic E-state index is 13.0. The minimum absolute atomic E-state index is 0.160. The molecule has 1 amide bonds. The highest BCUT2D eigenvalue weighted by atomic mass is 32.2. The first-order valence-electron chi connectivity index (χ1n) is 8.11. The van der Waals surface area contributed by atoms with Crippen LogP contribution in [0.3, 0.4) is 0 Å². The molecule has 0 aliphatic heterocycles. The predicted octanol–water partition coefficient (Wildman–Crippen LogP) is 5.57. The summed E-state index contributed by atoms with van der Waals surface area (Å²) in [4.78, 5) is 14.0. The molecular weight excluding hydrogens is 330 g/mol. The zero-order chi connectivity index (χ0) is 17.5. The Kier molecular flexibility index (Phi) is 5.75. The highest BCUT2D eigenvalue weighted by Gasteiger charge is 2.14. The first-order chi connectivity index (χ1) is 12.3. The third-order valence-corrected chi connectivity index (χ3v) is 4.55. The van der Waals surface area contributed by atoms with Crippen LogP contribution in [0.4, 0.5) is 5.69 Å². The maximum Gasteiger partial charge on any atom is 0.256 e. The van der Waals surface area contributed by atoms with Crippen molar-refractivity contribution in [3.05, 3.63) is 84.3 Å². The fourth-order valence-electron chi connectivity index (χ4n) is 2.45. The van der Waals surface area contributed by atoms with Crippen molar-refractivity contribution in [2.45, 2.75) is 11.8 Å². The molecule has 4 heteroatoms. The van der Waals surface area contributed by atoms with Gasteiger partial charge < -0.3 is 9.73 Å². The molecule has 0 aliphatic rings. The monoisotopic (exact) mass is 349 g/mol. The number of hydrogen-bond acceptors (Lipinski definition) is 3. The zero-order valence-corrected chi connectivity index (χ0v) is 14.8. The molecule has 0 bridgehead atoms. The van der Waals surface area contributed by atoms with Gasteiger partial charge in [0, 0.05) is 4.90 Å². The van der Waals surface area contributed by atoms with Crippen LogP contribution >= 0.6 is 11.8 Å². The molecule has 0 saturated carbocycles. The van der Waals surface area contributed by atoms with Gasteiger partial charge in [0.25, 0.3) is 5.91 Å². The number of hydrogen-bond donors (Lipinski definition) is 1. The summed E-state index contributed by atoms with van der Waals surface area (Å²) >= 11 is 1.70. The molecule has 1 N–H and O–H groups in total. The molecule has 3 nitrogen and oxygen atoms in total. The number of anilines is 1. The van der Waals surface area contributed by atoms with Crippen LogP contribution in [-0.4, -0.2) is 11.7 Å². The Morgan fingerprint density at radius 1 is 1.04 bits per heavy atom. The van der Waals surface area contributed by atoms with Gasteiger partial charge in [-0.25, -0.2) is 0 Å². The minimum Gasteiger partial charge on any atom is -0.465 e. The van der Waals surface area contributed by atoms with E-state index in [9.17, 15) is 4.79 Å². The highest BCUT2D eigenvalue weighted by molar-refractivity contribution is 7.99. The Morgan fingerprint density at radius 3 is 2.52 bits per heavy atom. The third kappa shape index (κ3) is 4.43. The van der Waals surface area contributed by atoms with E-state index in [1.54, 1.807) is 30.2 Å². The van der Waals surface area contributed by atoms with Crippen LogP contribution in [0.15, 0.2) is 82.3 Å². The summed E-state index contributed by atoms with van der Waals surface area (Å²) in [7, 11) is 0. The Labute approximate surface area is 151 Å². The number of thioether (sulfide) groups is 1. The van der Waals surface area contributed by atoms with E-state index in [4.69, 9.17) is 4.42 Å². The highest BCUT2D eigenvalue weighted by Crippen LogP contribution is 2.28. The summed E-state index contributed by atoms with van der Waals surface area (Å²) in [5, 5.41) is 3.04. The topological polar surface area (TPSA) is 42.2 Å². The zero-order valence-electron chi connectivity index (χ0n) is 13.9. The molecule has 0 saturated heterocycles. The lowest BCUT2D eigenvalue weighted by molar-refractivity contribution is -0.111. The van der Waals surface area contributed by atoms with E-state index in [-0.39, 0.29) is 5.91 Å². The van der Waals surface area contributed by atoms with Crippen LogP contribution < -0.4 is 5.32 Å². The molecule has 0 spiro atoms. The number of furan rings is 1. The molecule has 1 aromatic heterocycles. The Balaban J connectivity index is 1.93. The summed E-state index contributed by atoms with van der Waals surface area (Å²) in [5.41, 5.74) is 2.23. The molecule has 2 aromatic carbocycles. The molecule has 1 heterocycles. The quantitative estimate of drug-likeness (QED) is 0.467. The molecule has 0 atom stereocenters.